The molecule has 0 aliphatic carbocycles. The largest absolute Gasteiger partial charge is 0.302 e. The van der Waals surface area contributed by atoms with Gasteiger partial charge >= 0.3 is 0 Å². The number of nitrogens with zero attached hydrogens (tertiary/aromatic N) is 4. The fourth-order valence-electron chi connectivity index (χ4n) is 3.01. The molecule has 0 spiro atoms. The number of halogens is 3. The van der Waals surface area contributed by atoms with Crippen molar-refractivity contribution in [3.63, 3.8) is 0 Å². The van der Waals surface area contributed by atoms with Gasteiger partial charge in [0.2, 0.25) is 0 Å². The number of non-ortho nitro benzene ring substituents is 1. The lowest BCUT2D eigenvalue weighted by molar-refractivity contribution is -0.384. The second-order valence-electron chi connectivity index (χ2n) is 6.52. The van der Waals surface area contributed by atoms with Crippen molar-refractivity contribution >= 4 is 50.7 Å². The van der Waals surface area contributed by atoms with Gasteiger partial charge in [-0.05, 0) is 31.3 Å². The van der Waals surface area contributed by atoms with Crippen LogP contribution in [0.5, 0.6) is 0 Å². The van der Waals surface area contributed by atoms with Crippen molar-refractivity contribution in [2.75, 3.05) is 31.1 Å². The van der Waals surface area contributed by atoms with Gasteiger partial charge in [0.15, 0.2) is 10.9 Å². The van der Waals surface area contributed by atoms with Crippen molar-refractivity contribution in [3.05, 3.63) is 63.7 Å². The highest BCUT2D eigenvalue weighted by Gasteiger charge is 2.23. The summed E-state index contributed by atoms with van der Waals surface area (Å²) in [6, 6.07) is 7.19. The van der Waals surface area contributed by atoms with Crippen LogP contribution in [0, 0.1) is 21.7 Å². The van der Waals surface area contributed by atoms with Crippen LogP contribution >= 0.6 is 23.7 Å². The normalized spacial score (nSPS) is 10.9. The van der Waals surface area contributed by atoms with E-state index < -0.39 is 22.5 Å². The predicted octanol–water partition coefficient (Wildman–Crippen LogP) is 4.89. The van der Waals surface area contributed by atoms with E-state index in [0.717, 1.165) is 30.5 Å². The molecule has 3 rings (SSSR count). The van der Waals surface area contributed by atoms with Crippen LogP contribution in [0.4, 0.5) is 19.6 Å². The zero-order valence-corrected chi connectivity index (χ0v) is 18.5. The van der Waals surface area contributed by atoms with Crippen molar-refractivity contribution in [1.82, 2.24) is 9.88 Å². The number of thiazole rings is 1. The number of nitro groups is 1. The van der Waals surface area contributed by atoms with Gasteiger partial charge in [-0.15, -0.1) is 12.4 Å². The Kier molecular flexibility index (Phi) is 8.37. The van der Waals surface area contributed by atoms with E-state index in [0.29, 0.717) is 11.2 Å². The lowest BCUT2D eigenvalue weighted by atomic mass is 10.2. The summed E-state index contributed by atoms with van der Waals surface area (Å²) in [6.45, 7) is 6.41. The SMILES string of the molecule is CCN(CC)CCN(C(=O)c1ccc([N+](=O)[O-])cc1)c1nc2c(F)cc(F)cc2s1.Cl. The van der Waals surface area contributed by atoms with E-state index in [4.69, 9.17) is 0 Å². The van der Waals surface area contributed by atoms with Crippen LogP contribution in [-0.2, 0) is 0 Å². The summed E-state index contributed by atoms with van der Waals surface area (Å²) in [7, 11) is 0. The molecule has 0 aliphatic rings. The molecule has 166 valence electrons. The third-order valence-corrected chi connectivity index (χ3v) is 5.76. The van der Waals surface area contributed by atoms with Crippen LogP contribution in [0.2, 0.25) is 0 Å². The second-order valence-corrected chi connectivity index (χ2v) is 7.53. The number of rotatable bonds is 8. The molecular weight excluding hydrogens is 450 g/mol. The Morgan fingerprint density at radius 1 is 1.13 bits per heavy atom. The average molecular weight is 471 g/mol. The first-order chi connectivity index (χ1) is 14.3. The molecule has 0 bridgehead atoms. The maximum absolute atomic E-state index is 14.1. The third-order valence-electron chi connectivity index (χ3n) is 4.74. The standard InChI is InChI=1S/C20H20F2N4O3S.ClH/c1-3-24(4-2)9-10-25(19(27)13-5-7-15(8-6-13)26(28)29)20-23-18-16(22)11-14(21)12-17(18)30-20;/h5-8,11-12H,3-4,9-10H2,1-2H3;1H. The summed E-state index contributed by atoms with van der Waals surface area (Å²) < 4.78 is 28.0. The highest BCUT2D eigenvalue weighted by atomic mass is 35.5. The molecule has 0 N–H and O–H groups in total. The smallest absolute Gasteiger partial charge is 0.269 e. The number of amides is 1. The number of benzene rings is 2. The molecule has 0 atom stereocenters. The molecule has 1 aromatic heterocycles. The number of aromatic nitrogens is 1. The topological polar surface area (TPSA) is 79.6 Å². The Hall–Kier alpha value is -2.69. The number of fused-ring (bicyclic) bond motifs is 1. The molecule has 1 amide bonds. The molecule has 2 aromatic carbocycles. The van der Waals surface area contributed by atoms with Gasteiger partial charge in [0.1, 0.15) is 11.3 Å². The zero-order chi connectivity index (χ0) is 21.8. The number of anilines is 1. The summed E-state index contributed by atoms with van der Waals surface area (Å²) >= 11 is 1.02. The molecule has 0 saturated carbocycles. The Morgan fingerprint density at radius 2 is 1.77 bits per heavy atom. The van der Waals surface area contributed by atoms with Gasteiger partial charge in [-0.3, -0.25) is 19.8 Å². The first kappa shape index (κ1) is 24.6. The Bertz CT molecular complexity index is 1070. The highest BCUT2D eigenvalue weighted by molar-refractivity contribution is 7.22. The first-order valence-corrected chi connectivity index (χ1v) is 10.2. The van der Waals surface area contributed by atoms with Crippen LogP contribution in [0.15, 0.2) is 36.4 Å². The van der Waals surface area contributed by atoms with Gasteiger partial charge in [-0.1, -0.05) is 25.2 Å². The minimum atomic E-state index is -0.793. The van der Waals surface area contributed by atoms with Crippen molar-refractivity contribution in [3.8, 4) is 0 Å². The Labute approximate surface area is 187 Å². The van der Waals surface area contributed by atoms with Crippen LogP contribution in [0.3, 0.4) is 0 Å². The summed E-state index contributed by atoms with van der Waals surface area (Å²) in [4.78, 5) is 31.3. The summed E-state index contributed by atoms with van der Waals surface area (Å²) in [5.41, 5.74) is 0.116. The molecule has 1 heterocycles. The summed E-state index contributed by atoms with van der Waals surface area (Å²) in [6.07, 6.45) is 0. The molecule has 3 aromatic rings. The van der Waals surface area contributed by atoms with Gasteiger partial charge in [-0.2, -0.15) is 0 Å². The molecule has 0 saturated heterocycles. The number of hydrogen-bond donors (Lipinski definition) is 0. The molecule has 0 fully saturated rings. The van der Waals surface area contributed by atoms with Crippen LogP contribution in [0.1, 0.15) is 24.2 Å². The predicted molar refractivity (Wildman–Crippen MR) is 119 cm³/mol. The maximum Gasteiger partial charge on any atom is 0.269 e. The molecule has 11 heteroatoms. The van der Waals surface area contributed by atoms with Crippen LogP contribution in [0.25, 0.3) is 10.2 Å². The molecule has 7 nitrogen and oxygen atoms in total. The van der Waals surface area contributed by atoms with E-state index in [1.54, 1.807) is 0 Å². The van der Waals surface area contributed by atoms with Gasteiger partial charge in [0.25, 0.3) is 11.6 Å². The minimum absolute atomic E-state index is 0. The molecule has 0 aliphatic heterocycles. The van der Waals surface area contributed by atoms with E-state index in [9.17, 15) is 23.7 Å². The number of carbonyl (C=O) groups excluding carboxylic acids is 1. The maximum atomic E-state index is 14.1. The highest BCUT2D eigenvalue weighted by Crippen LogP contribution is 2.32. The molecule has 0 unspecified atom stereocenters. The average Bonchev–Trinajstić information content (AvgIpc) is 3.15. The number of carbonyl (C=O) groups is 1. The van der Waals surface area contributed by atoms with Crippen LogP contribution < -0.4 is 4.90 Å². The van der Waals surface area contributed by atoms with E-state index in [1.807, 2.05) is 13.8 Å². The van der Waals surface area contributed by atoms with Gasteiger partial charge in [-0.25, -0.2) is 13.8 Å². The minimum Gasteiger partial charge on any atom is -0.302 e. The van der Waals surface area contributed by atoms with Crippen LogP contribution in [-0.4, -0.2) is 46.9 Å². The quantitative estimate of drug-likeness (QED) is 0.346. The van der Waals surface area contributed by atoms with Gasteiger partial charge in [0.05, 0.1) is 9.62 Å². The Morgan fingerprint density at radius 3 is 2.35 bits per heavy atom. The summed E-state index contributed by atoms with van der Waals surface area (Å²) in [5, 5.41) is 11.1. The molecular formula is C20H21ClF2N4O3S. The number of likely N-dealkylation sites (N-methyl/N-ethyl adjacent to an activating group) is 1. The van der Waals surface area contributed by atoms with E-state index in [2.05, 4.69) is 9.88 Å². The Balaban J connectivity index is 0.00000341. The van der Waals surface area contributed by atoms with Gasteiger partial charge < -0.3 is 4.90 Å². The zero-order valence-electron chi connectivity index (χ0n) is 16.9. The monoisotopic (exact) mass is 470 g/mol. The summed E-state index contributed by atoms with van der Waals surface area (Å²) in [5.74, 6) is -1.93. The van der Waals surface area contributed by atoms with Crippen molar-refractivity contribution in [2.45, 2.75) is 13.8 Å². The number of hydrogen-bond acceptors (Lipinski definition) is 6. The number of nitro benzene ring substituents is 1. The van der Waals surface area contributed by atoms with E-state index >= 15 is 0 Å². The fraction of sp³-hybridized carbons (Fsp3) is 0.300. The van der Waals surface area contributed by atoms with Crippen molar-refractivity contribution in [2.24, 2.45) is 0 Å². The fourth-order valence-corrected chi connectivity index (χ4v) is 4.04. The van der Waals surface area contributed by atoms with E-state index in [-0.39, 0.29) is 40.9 Å². The van der Waals surface area contributed by atoms with Gasteiger partial charge in [0, 0.05) is 36.9 Å². The third kappa shape index (κ3) is 5.52. The molecule has 31 heavy (non-hydrogen) atoms. The van der Waals surface area contributed by atoms with Crippen molar-refractivity contribution < 1.29 is 18.5 Å². The van der Waals surface area contributed by atoms with E-state index in [1.165, 1.54) is 35.2 Å². The lowest BCUT2D eigenvalue weighted by Gasteiger charge is -2.24. The molecule has 0 radical (unpaired) electrons. The lowest BCUT2D eigenvalue weighted by Crippen LogP contribution is -2.38. The van der Waals surface area contributed by atoms with Crippen molar-refractivity contribution in [1.29, 1.82) is 0 Å². The first-order valence-electron chi connectivity index (χ1n) is 9.38. The second kappa shape index (κ2) is 10.6.